The monoisotopic (exact) mass is 539 g/mol. The summed E-state index contributed by atoms with van der Waals surface area (Å²) in [6.45, 7) is 3.22. The summed E-state index contributed by atoms with van der Waals surface area (Å²) >= 11 is 6.42. The van der Waals surface area contributed by atoms with E-state index in [2.05, 4.69) is 20.0 Å². The molecule has 2 heterocycles. The van der Waals surface area contributed by atoms with Crippen LogP contribution < -0.4 is 10.0 Å². The predicted molar refractivity (Wildman–Crippen MR) is 144 cm³/mol. The van der Waals surface area contributed by atoms with Gasteiger partial charge in [-0.25, -0.2) is 23.1 Å². The number of carbonyl (C=O) groups is 2. The zero-order valence-electron chi connectivity index (χ0n) is 19.3. The molecule has 0 radical (unpaired) electrons. The van der Waals surface area contributed by atoms with Crippen molar-refractivity contribution in [3.05, 3.63) is 82.5 Å². The summed E-state index contributed by atoms with van der Waals surface area (Å²) in [6.07, 6.45) is 1.73. The van der Waals surface area contributed by atoms with Crippen molar-refractivity contribution >= 4 is 67.8 Å². The second-order valence-electron chi connectivity index (χ2n) is 7.83. The fraction of sp³-hybridized carbons (Fsp3) is 0.125. The zero-order valence-corrected chi connectivity index (χ0v) is 21.7. The topological polar surface area (TPSA) is 121 Å². The molecule has 1 aliphatic heterocycles. The second kappa shape index (κ2) is 10.6. The van der Waals surface area contributed by atoms with Crippen LogP contribution in [0.2, 0.25) is 0 Å². The summed E-state index contributed by atoms with van der Waals surface area (Å²) in [5, 5.41) is 2.66. The van der Waals surface area contributed by atoms with Gasteiger partial charge in [0, 0.05) is 17.1 Å². The maximum absolute atomic E-state index is 12.7. The van der Waals surface area contributed by atoms with Gasteiger partial charge in [0.25, 0.3) is 15.9 Å². The Kier molecular flexibility index (Phi) is 7.48. The molecule has 36 heavy (non-hydrogen) atoms. The molecule has 2 amide bonds. The van der Waals surface area contributed by atoms with Crippen LogP contribution in [0.5, 0.6) is 0 Å². The van der Waals surface area contributed by atoms with Gasteiger partial charge in [-0.3, -0.25) is 14.5 Å². The summed E-state index contributed by atoms with van der Waals surface area (Å²) < 4.78 is 28.0. The standard InChI is InChI=1S/C24H21N5O4S3/c1-15-12-16(2)26-23(25-15)28-36(32,33)19-10-8-18(9-11-19)27-21(30)14-29-22(31)20(35-24(29)34)13-17-6-4-3-5-7-17/h3-13H,14H2,1-2H3,(H,27,30)(H,25,26,28)/b20-13-. The Balaban J connectivity index is 1.39. The van der Waals surface area contributed by atoms with Gasteiger partial charge in [-0.1, -0.05) is 54.3 Å². The highest BCUT2D eigenvalue weighted by atomic mass is 32.2. The maximum Gasteiger partial charge on any atom is 0.266 e. The molecule has 0 atom stereocenters. The number of rotatable bonds is 7. The number of hydrogen-bond donors (Lipinski definition) is 2. The summed E-state index contributed by atoms with van der Waals surface area (Å²) in [7, 11) is -3.92. The highest BCUT2D eigenvalue weighted by Crippen LogP contribution is 2.32. The number of nitrogens with one attached hydrogen (secondary N) is 2. The Hall–Kier alpha value is -3.61. The van der Waals surface area contributed by atoms with Crippen LogP contribution in [0.1, 0.15) is 17.0 Å². The van der Waals surface area contributed by atoms with Crippen molar-refractivity contribution < 1.29 is 18.0 Å². The quantitative estimate of drug-likeness (QED) is 0.344. The van der Waals surface area contributed by atoms with Gasteiger partial charge in [0.2, 0.25) is 11.9 Å². The molecule has 9 nitrogen and oxygen atoms in total. The molecule has 1 aliphatic rings. The SMILES string of the molecule is Cc1cc(C)nc(NS(=O)(=O)c2ccc(NC(=O)CN3C(=O)/C(=C/c4ccccc4)SC3=S)cc2)n1. The minimum absolute atomic E-state index is 0.0188. The van der Waals surface area contributed by atoms with Gasteiger partial charge in [-0.2, -0.15) is 0 Å². The Morgan fingerprint density at radius 1 is 1.06 bits per heavy atom. The van der Waals surface area contributed by atoms with E-state index in [0.717, 1.165) is 17.3 Å². The molecule has 1 aromatic heterocycles. The van der Waals surface area contributed by atoms with Crippen molar-refractivity contribution in [1.29, 1.82) is 0 Å². The van der Waals surface area contributed by atoms with Gasteiger partial charge in [0.1, 0.15) is 10.9 Å². The number of carbonyl (C=O) groups excluding carboxylic acids is 2. The fourth-order valence-corrected chi connectivity index (χ4v) is 5.55. The summed E-state index contributed by atoms with van der Waals surface area (Å²) in [5.74, 6) is -0.829. The average molecular weight is 540 g/mol. The lowest BCUT2D eigenvalue weighted by Crippen LogP contribution is -2.36. The molecule has 1 fully saturated rings. The van der Waals surface area contributed by atoms with E-state index in [1.54, 1.807) is 26.0 Å². The Morgan fingerprint density at radius 2 is 1.69 bits per heavy atom. The molecule has 3 aromatic rings. The van der Waals surface area contributed by atoms with Crippen molar-refractivity contribution in [3.8, 4) is 0 Å². The van der Waals surface area contributed by atoms with Crippen LogP contribution >= 0.6 is 24.0 Å². The van der Waals surface area contributed by atoms with Crippen molar-refractivity contribution in [2.75, 3.05) is 16.6 Å². The van der Waals surface area contributed by atoms with Gasteiger partial charge in [0.15, 0.2) is 0 Å². The highest BCUT2D eigenvalue weighted by molar-refractivity contribution is 8.26. The van der Waals surface area contributed by atoms with Crippen molar-refractivity contribution in [3.63, 3.8) is 0 Å². The highest BCUT2D eigenvalue weighted by Gasteiger charge is 2.33. The van der Waals surface area contributed by atoms with Crippen LogP contribution in [0.25, 0.3) is 6.08 Å². The van der Waals surface area contributed by atoms with E-state index in [1.165, 1.54) is 29.2 Å². The second-order valence-corrected chi connectivity index (χ2v) is 11.2. The smallest absolute Gasteiger partial charge is 0.266 e. The third-order valence-corrected chi connectivity index (χ3v) is 7.65. The molecule has 0 spiro atoms. The minimum atomic E-state index is -3.92. The van der Waals surface area contributed by atoms with E-state index < -0.39 is 15.9 Å². The Bertz CT molecular complexity index is 1450. The first kappa shape index (κ1) is 25.5. The first-order valence-corrected chi connectivity index (χ1v) is 13.4. The third-order valence-electron chi connectivity index (χ3n) is 4.93. The lowest BCUT2D eigenvalue weighted by molar-refractivity contribution is -0.126. The predicted octanol–water partition coefficient (Wildman–Crippen LogP) is 3.73. The van der Waals surface area contributed by atoms with E-state index in [4.69, 9.17) is 12.2 Å². The van der Waals surface area contributed by atoms with Crippen molar-refractivity contribution in [2.45, 2.75) is 18.7 Å². The molecule has 4 rings (SSSR count). The van der Waals surface area contributed by atoms with E-state index >= 15 is 0 Å². The fourth-order valence-electron chi connectivity index (χ4n) is 3.35. The lowest BCUT2D eigenvalue weighted by Gasteiger charge is -2.14. The van der Waals surface area contributed by atoms with Crippen LogP contribution in [0.3, 0.4) is 0 Å². The molecule has 0 aliphatic carbocycles. The molecule has 2 N–H and O–H groups in total. The number of thioether (sulfide) groups is 1. The Labute approximate surface area is 218 Å². The number of sulfonamides is 1. The molecular weight excluding hydrogens is 518 g/mol. The summed E-state index contributed by atoms with van der Waals surface area (Å²) in [6, 6.07) is 16.7. The van der Waals surface area contributed by atoms with Gasteiger partial charge < -0.3 is 5.32 Å². The first-order chi connectivity index (χ1) is 17.1. The first-order valence-electron chi connectivity index (χ1n) is 10.7. The molecule has 2 aromatic carbocycles. The molecule has 12 heteroatoms. The van der Waals surface area contributed by atoms with Gasteiger partial charge >= 0.3 is 0 Å². The molecule has 1 saturated heterocycles. The van der Waals surface area contributed by atoms with Crippen LogP contribution in [0.4, 0.5) is 11.6 Å². The average Bonchev–Trinajstić information content (AvgIpc) is 3.06. The number of aromatic nitrogens is 2. The molecule has 0 saturated carbocycles. The number of thiocarbonyl (C=S) groups is 1. The maximum atomic E-state index is 12.7. The number of nitrogens with zero attached hydrogens (tertiary/aromatic N) is 3. The lowest BCUT2D eigenvalue weighted by atomic mass is 10.2. The number of hydrogen-bond acceptors (Lipinski definition) is 8. The van der Waals surface area contributed by atoms with Gasteiger partial charge in [0.05, 0.1) is 9.80 Å². The van der Waals surface area contributed by atoms with E-state index in [-0.39, 0.29) is 23.3 Å². The third kappa shape index (κ3) is 6.14. The largest absolute Gasteiger partial charge is 0.325 e. The number of amides is 2. The molecule has 0 bridgehead atoms. The van der Waals surface area contributed by atoms with Crippen molar-refractivity contribution in [1.82, 2.24) is 14.9 Å². The molecule has 184 valence electrons. The normalized spacial score (nSPS) is 14.8. The van der Waals surface area contributed by atoms with Crippen molar-refractivity contribution in [2.24, 2.45) is 0 Å². The van der Waals surface area contributed by atoms with E-state index in [1.807, 2.05) is 30.3 Å². The summed E-state index contributed by atoms with van der Waals surface area (Å²) in [5.41, 5.74) is 2.49. The van der Waals surface area contributed by atoms with Crippen LogP contribution in [0.15, 0.2) is 70.5 Å². The van der Waals surface area contributed by atoms with Gasteiger partial charge in [-0.05, 0) is 55.8 Å². The molecule has 0 unspecified atom stereocenters. The van der Waals surface area contributed by atoms with E-state index in [9.17, 15) is 18.0 Å². The number of aryl methyl sites for hydroxylation is 2. The Morgan fingerprint density at radius 3 is 2.33 bits per heavy atom. The van der Waals surface area contributed by atoms with Crippen LogP contribution in [0, 0.1) is 13.8 Å². The van der Waals surface area contributed by atoms with Crippen LogP contribution in [-0.2, 0) is 19.6 Å². The zero-order chi connectivity index (χ0) is 25.9. The van der Waals surface area contributed by atoms with E-state index in [0.29, 0.717) is 26.3 Å². The summed E-state index contributed by atoms with van der Waals surface area (Å²) in [4.78, 5) is 35.1. The van der Waals surface area contributed by atoms with Gasteiger partial charge in [-0.15, -0.1) is 0 Å². The molecular formula is C24H21N5O4S3. The number of benzene rings is 2. The minimum Gasteiger partial charge on any atom is -0.325 e. The van der Waals surface area contributed by atoms with Crippen LogP contribution in [-0.4, -0.2) is 46.0 Å². The number of anilines is 2.